The molecule has 2 heterocycles. The summed E-state index contributed by atoms with van der Waals surface area (Å²) in [5, 5.41) is 0. The van der Waals surface area contributed by atoms with Crippen molar-refractivity contribution < 1.29 is 0 Å². The highest BCUT2D eigenvalue weighted by Crippen LogP contribution is 2.31. The van der Waals surface area contributed by atoms with Crippen LogP contribution in [-0.2, 0) is 0 Å². The number of rotatable bonds is 1. The molecule has 0 aromatic carbocycles. The maximum absolute atomic E-state index is 4.41. The van der Waals surface area contributed by atoms with Crippen LogP contribution in [0.1, 0.15) is 32.4 Å². The molecule has 0 saturated carbocycles. The number of anilines is 1. The van der Waals surface area contributed by atoms with Crippen LogP contribution in [0.15, 0.2) is 12.4 Å². The van der Waals surface area contributed by atoms with Gasteiger partial charge >= 0.3 is 0 Å². The van der Waals surface area contributed by atoms with Gasteiger partial charge in [-0.3, -0.25) is 4.98 Å². The fourth-order valence-corrected chi connectivity index (χ4v) is 1.89. The van der Waals surface area contributed by atoms with Gasteiger partial charge in [-0.1, -0.05) is 13.8 Å². The van der Waals surface area contributed by atoms with Gasteiger partial charge in [0.1, 0.15) is 5.82 Å². The van der Waals surface area contributed by atoms with E-state index in [0.717, 1.165) is 24.6 Å². The largest absolute Gasteiger partial charge is 0.355 e. The van der Waals surface area contributed by atoms with E-state index in [4.69, 9.17) is 0 Å². The van der Waals surface area contributed by atoms with Gasteiger partial charge in [0, 0.05) is 13.1 Å². The lowest BCUT2D eigenvalue weighted by atomic mass is 9.83. The molecule has 0 spiro atoms. The van der Waals surface area contributed by atoms with Crippen LogP contribution in [0, 0.1) is 12.3 Å². The lowest BCUT2D eigenvalue weighted by Gasteiger charge is -2.37. The van der Waals surface area contributed by atoms with Crippen molar-refractivity contribution in [1.29, 1.82) is 0 Å². The van der Waals surface area contributed by atoms with E-state index >= 15 is 0 Å². The average Bonchev–Trinajstić information content (AvgIpc) is 2.20. The number of nitrogens with zero attached hydrogens (tertiary/aromatic N) is 3. The number of aryl methyl sites for hydroxylation is 1. The lowest BCUT2D eigenvalue weighted by molar-refractivity contribution is 0.279. The Bertz CT molecular complexity index is 319. The maximum atomic E-state index is 4.41. The molecule has 1 aromatic heterocycles. The summed E-state index contributed by atoms with van der Waals surface area (Å²) in [6.07, 6.45) is 6.20. The summed E-state index contributed by atoms with van der Waals surface area (Å²) in [5.74, 6) is 1.02. The van der Waals surface area contributed by atoms with Crippen LogP contribution < -0.4 is 4.90 Å². The summed E-state index contributed by atoms with van der Waals surface area (Å²) in [5.41, 5.74) is 1.48. The quantitative estimate of drug-likeness (QED) is 0.705. The summed E-state index contributed by atoms with van der Waals surface area (Å²) in [6.45, 7) is 8.85. The Kier molecular flexibility index (Phi) is 2.63. The van der Waals surface area contributed by atoms with E-state index in [0.29, 0.717) is 5.41 Å². The molecule has 1 aliphatic heterocycles. The van der Waals surface area contributed by atoms with Crippen LogP contribution in [0.4, 0.5) is 5.82 Å². The first-order valence-electron chi connectivity index (χ1n) is 5.60. The minimum Gasteiger partial charge on any atom is -0.355 e. The van der Waals surface area contributed by atoms with Crippen molar-refractivity contribution in [2.75, 3.05) is 18.0 Å². The summed E-state index contributed by atoms with van der Waals surface area (Å²) >= 11 is 0. The van der Waals surface area contributed by atoms with Crippen molar-refractivity contribution in [3.63, 3.8) is 0 Å². The van der Waals surface area contributed by atoms with Crippen molar-refractivity contribution in [3.05, 3.63) is 18.1 Å². The molecule has 0 atom stereocenters. The third-order valence-corrected chi connectivity index (χ3v) is 3.21. The maximum Gasteiger partial charge on any atom is 0.147 e. The molecule has 2 rings (SSSR count). The van der Waals surface area contributed by atoms with Gasteiger partial charge in [-0.2, -0.15) is 0 Å². The molecule has 0 amide bonds. The van der Waals surface area contributed by atoms with Gasteiger partial charge in [-0.05, 0) is 25.2 Å². The molecule has 15 heavy (non-hydrogen) atoms. The van der Waals surface area contributed by atoms with Crippen molar-refractivity contribution in [2.24, 2.45) is 5.41 Å². The van der Waals surface area contributed by atoms with Crippen molar-refractivity contribution >= 4 is 5.82 Å². The molecule has 1 aliphatic rings. The van der Waals surface area contributed by atoms with E-state index in [9.17, 15) is 0 Å². The minimum absolute atomic E-state index is 0.495. The second-order valence-corrected chi connectivity index (χ2v) is 5.17. The first-order chi connectivity index (χ1) is 7.07. The monoisotopic (exact) mass is 205 g/mol. The third kappa shape index (κ3) is 2.46. The van der Waals surface area contributed by atoms with E-state index < -0.39 is 0 Å². The topological polar surface area (TPSA) is 29.0 Å². The average molecular weight is 205 g/mol. The fourth-order valence-electron chi connectivity index (χ4n) is 1.89. The highest BCUT2D eigenvalue weighted by Gasteiger charge is 2.25. The van der Waals surface area contributed by atoms with Crippen LogP contribution in [0.2, 0.25) is 0 Å². The van der Waals surface area contributed by atoms with Crippen molar-refractivity contribution in [2.45, 2.75) is 33.6 Å². The van der Waals surface area contributed by atoms with E-state index in [1.807, 2.05) is 19.3 Å². The van der Waals surface area contributed by atoms with Gasteiger partial charge in [0.25, 0.3) is 0 Å². The molecule has 0 bridgehead atoms. The molecule has 1 aromatic rings. The Morgan fingerprint density at radius 3 is 2.33 bits per heavy atom. The minimum atomic E-state index is 0.495. The van der Waals surface area contributed by atoms with Gasteiger partial charge in [0.2, 0.25) is 0 Å². The summed E-state index contributed by atoms with van der Waals surface area (Å²) in [7, 11) is 0. The van der Waals surface area contributed by atoms with Gasteiger partial charge in [-0.15, -0.1) is 0 Å². The number of hydrogen-bond donors (Lipinski definition) is 0. The second kappa shape index (κ2) is 3.80. The van der Waals surface area contributed by atoms with E-state index in [2.05, 4.69) is 28.7 Å². The van der Waals surface area contributed by atoms with Crippen molar-refractivity contribution in [1.82, 2.24) is 9.97 Å². The Morgan fingerprint density at radius 1 is 1.13 bits per heavy atom. The van der Waals surface area contributed by atoms with Gasteiger partial charge in [0.05, 0.1) is 18.1 Å². The molecular formula is C12H19N3. The molecule has 0 N–H and O–H groups in total. The standard InChI is InChI=1S/C12H19N3/c1-10-8-14-11(9-13-10)15-6-4-12(2,3)5-7-15/h8-9H,4-7H2,1-3H3. The molecular weight excluding hydrogens is 186 g/mol. The zero-order valence-electron chi connectivity index (χ0n) is 9.82. The molecule has 1 fully saturated rings. The van der Waals surface area contributed by atoms with Gasteiger partial charge in [0.15, 0.2) is 0 Å². The van der Waals surface area contributed by atoms with E-state index in [1.54, 1.807) is 0 Å². The molecule has 0 aliphatic carbocycles. The highest BCUT2D eigenvalue weighted by atomic mass is 15.2. The normalized spacial score (nSPS) is 20.3. The third-order valence-electron chi connectivity index (χ3n) is 3.21. The second-order valence-electron chi connectivity index (χ2n) is 5.17. The summed E-state index contributed by atoms with van der Waals surface area (Å²) < 4.78 is 0. The Hall–Kier alpha value is -1.12. The van der Waals surface area contributed by atoms with Crippen LogP contribution >= 0.6 is 0 Å². The van der Waals surface area contributed by atoms with Crippen molar-refractivity contribution in [3.8, 4) is 0 Å². The summed E-state index contributed by atoms with van der Waals surface area (Å²) in [6, 6.07) is 0. The predicted molar refractivity (Wildman–Crippen MR) is 62.0 cm³/mol. The van der Waals surface area contributed by atoms with Crippen LogP contribution in [0.3, 0.4) is 0 Å². The Labute approximate surface area is 91.5 Å². The van der Waals surface area contributed by atoms with Crippen LogP contribution in [-0.4, -0.2) is 23.1 Å². The number of aromatic nitrogens is 2. The molecule has 1 saturated heterocycles. The van der Waals surface area contributed by atoms with Gasteiger partial charge < -0.3 is 4.90 Å². The predicted octanol–water partition coefficient (Wildman–Crippen LogP) is 2.41. The van der Waals surface area contributed by atoms with E-state index in [-0.39, 0.29) is 0 Å². The first-order valence-corrected chi connectivity index (χ1v) is 5.60. The van der Waals surface area contributed by atoms with Crippen LogP contribution in [0.25, 0.3) is 0 Å². The highest BCUT2D eigenvalue weighted by molar-refractivity contribution is 5.36. The Balaban J connectivity index is 2.04. The molecule has 3 nitrogen and oxygen atoms in total. The molecule has 3 heteroatoms. The first kappa shape index (κ1) is 10.4. The number of hydrogen-bond acceptors (Lipinski definition) is 3. The molecule has 0 unspecified atom stereocenters. The smallest absolute Gasteiger partial charge is 0.147 e. The fraction of sp³-hybridized carbons (Fsp3) is 0.667. The zero-order chi connectivity index (χ0) is 10.9. The summed E-state index contributed by atoms with van der Waals surface area (Å²) in [4.78, 5) is 11.0. The zero-order valence-corrected chi connectivity index (χ0v) is 9.82. The molecule has 0 radical (unpaired) electrons. The van der Waals surface area contributed by atoms with E-state index in [1.165, 1.54) is 12.8 Å². The van der Waals surface area contributed by atoms with Crippen LogP contribution in [0.5, 0.6) is 0 Å². The van der Waals surface area contributed by atoms with Gasteiger partial charge in [-0.25, -0.2) is 4.98 Å². The molecule has 82 valence electrons. The number of piperidine rings is 1. The lowest BCUT2D eigenvalue weighted by Crippen LogP contribution is -2.37. The SMILES string of the molecule is Cc1cnc(N2CCC(C)(C)CC2)cn1. The Morgan fingerprint density at radius 2 is 1.80 bits per heavy atom.